The number of hydrogen-bond acceptors (Lipinski definition) is 1. The molecule has 0 radical (unpaired) electrons. The fraction of sp³-hybridized carbons (Fsp3) is 0.273. The van der Waals surface area contributed by atoms with Gasteiger partial charge in [-0.1, -0.05) is 29.8 Å². The highest BCUT2D eigenvalue weighted by Crippen LogP contribution is 2.25. The van der Waals surface area contributed by atoms with E-state index in [1.165, 1.54) is 0 Å². The van der Waals surface area contributed by atoms with Crippen molar-refractivity contribution in [3.8, 4) is 0 Å². The summed E-state index contributed by atoms with van der Waals surface area (Å²) in [5.41, 5.74) is 1.82. The maximum atomic E-state index is 9.70. The molecule has 0 spiro atoms. The minimum Gasteiger partial charge on any atom is -0.388 e. The van der Waals surface area contributed by atoms with E-state index in [1.54, 1.807) is 6.08 Å². The lowest BCUT2D eigenvalue weighted by atomic mass is 10.0. The first-order valence-electron chi connectivity index (χ1n) is 4.20. The third-order valence-corrected chi connectivity index (χ3v) is 2.47. The van der Waals surface area contributed by atoms with Crippen LogP contribution in [0.4, 0.5) is 0 Å². The molecule has 0 fully saturated rings. The van der Waals surface area contributed by atoms with Crippen molar-refractivity contribution in [2.45, 2.75) is 19.4 Å². The van der Waals surface area contributed by atoms with E-state index in [2.05, 4.69) is 6.58 Å². The van der Waals surface area contributed by atoms with Crippen LogP contribution in [-0.4, -0.2) is 5.11 Å². The minimum atomic E-state index is -0.490. The van der Waals surface area contributed by atoms with Gasteiger partial charge in [0.15, 0.2) is 0 Å². The Morgan fingerprint density at radius 3 is 2.92 bits per heavy atom. The molecule has 0 aliphatic rings. The quantitative estimate of drug-likeness (QED) is 0.736. The molecular formula is C11H13ClO. The molecular weight excluding hydrogens is 184 g/mol. The molecule has 0 aliphatic carbocycles. The highest BCUT2D eigenvalue weighted by atomic mass is 35.5. The number of rotatable bonds is 3. The molecule has 0 aliphatic heterocycles. The van der Waals surface area contributed by atoms with Crippen LogP contribution in [-0.2, 0) is 0 Å². The summed E-state index contributed by atoms with van der Waals surface area (Å²) in [6.07, 6.45) is 1.77. The van der Waals surface area contributed by atoms with Crippen molar-refractivity contribution in [1.29, 1.82) is 0 Å². The Labute approximate surface area is 83.7 Å². The summed E-state index contributed by atoms with van der Waals surface area (Å²) in [5.74, 6) is 0. The van der Waals surface area contributed by atoms with Gasteiger partial charge in [-0.2, -0.15) is 0 Å². The van der Waals surface area contributed by atoms with Gasteiger partial charge in [0.2, 0.25) is 0 Å². The average Bonchev–Trinajstić information content (AvgIpc) is 2.10. The number of aliphatic hydroxyl groups is 1. The monoisotopic (exact) mass is 196 g/mol. The van der Waals surface area contributed by atoms with E-state index in [1.807, 2.05) is 25.1 Å². The van der Waals surface area contributed by atoms with Crippen molar-refractivity contribution in [3.63, 3.8) is 0 Å². The minimum absolute atomic E-state index is 0.490. The van der Waals surface area contributed by atoms with Crippen LogP contribution in [0.5, 0.6) is 0 Å². The Morgan fingerprint density at radius 1 is 1.62 bits per heavy atom. The predicted octanol–water partition coefficient (Wildman–Crippen LogP) is 3.26. The normalized spacial score (nSPS) is 12.5. The van der Waals surface area contributed by atoms with Gasteiger partial charge in [-0.15, -0.1) is 6.58 Å². The van der Waals surface area contributed by atoms with Crippen molar-refractivity contribution in [1.82, 2.24) is 0 Å². The first kappa shape index (κ1) is 10.3. The zero-order valence-electron chi connectivity index (χ0n) is 7.63. The lowest BCUT2D eigenvalue weighted by Gasteiger charge is -2.12. The molecule has 0 amide bonds. The molecule has 0 unspecified atom stereocenters. The molecule has 13 heavy (non-hydrogen) atoms. The Hall–Kier alpha value is -0.790. The molecule has 0 bridgehead atoms. The maximum Gasteiger partial charge on any atom is 0.0827 e. The van der Waals surface area contributed by atoms with Gasteiger partial charge in [0.1, 0.15) is 0 Å². The topological polar surface area (TPSA) is 20.2 Å². The van der Waals surface area contributed by atoms with Crippen molar-refractivity contribution in [3.05, 3.63) is 47.0 Å². The summed E-state index contributed by atoms with van der Waals surface area (Å²) in [5, 5.41) is 10.4. The third-order valence-electron chi connectivity index (χ3n) is 2.06. The van der Waals surface area contributed by atoms with E-state index >= 15 is 0 Å². The summed E-state index contributed by atoms with van der Waals surface area (Å²) in [7, 11) is 0. The second-order valence-electron chi connectivity index (χ2n) is 2.99. The standard InChI is InChI=1S/C11H13ClO/c1-3-5-11(13)9-6-4-7-10(12)8(9)2/h3-4,6-7,11,13H,1,5H2,2H3/t11-/m0/s1. The van der Waals surface area contributed by atoms with E-state index in [4.69, 9.17) is 11.6 Å². The van der Waals surface area contributed by atoms with Gasteiger partial charge >= 0.3 is 0 Å². The average molecular weight is 197 g/mol. The van der Waals surface area contributed by atoms with Gasteiger partial charge in [-0.25, -0.2) is 0 Å². The van der Waals surface area contributed by atoms with Gasteiger partial charge in [0.25, 0.3) is 0 Å². The fourth-order valence-corrected chi connectivity index (χ4v) is 1.45. The molecule has 1 atom stereocenters. The van der Waals surface area contributed by atoms with E-state index in [-0.39, 0.29) is 0 Å². The van der Waals surface area contributed by atoms with E-state index in [9.17, 15) is 5.11 Å². The maximum absolute atomic E-state index is 9.70. The van der Waals surface area contributed by atoms with E-state index < -0.39 is 6.10 Å². The fourth-order valence-electron chi connectivity index (χ4n) is 1.27. The second-order valence-corrected chi connectivity index (χ2v) is 3.40. The van der Waals surface area contributed by atoms with Crippen molar-refractivity contribution in [2.24, 2.45) is 0 Å². The van der Waals surface area contributed by atoms with Gasteiger partial charge in [0, 0.05) is 5.02 Å². The largest absolute Gasteiger partial charge is 0.388 e. The van der Waals surface area contributed by atoms with Crippen LogP contribution >= 0.6 is 11.6 Å². The predicted molar refractivity (Wildman–Crippen MR) is 56.0 cm³/mol. The van der Waals surface area contributed by atoms with Crippen LogP contribution in [0.25, 0.3) is 0 Å². The second kappa shape index (κ2) is 4.45. The van der Waals surface area contributed by atoms with Gasteiger partial charge in [-0.05, 0) is 30.5 Å². The Kier molecular flexibility index (Phi) is 3.52. The molecule has 1 nitrogen and oxygen atoms in total. The zero-order chi connectivity index (χ0) is 9.84. The van der Waals surface area contributed by atoms with Crippen LogP contribution in [0.3, 0.4) is 0 Å². The number of aliphatic hydroxyl groups excluding tert-OH is 1. The smallest absolute Gasteiger partial charge is 0.0827 e. The lowest BCUT2D eigenvalue weighted by molar-refractivity contribution is 0.181. The summed E-state index contributed by atoms with van der Waals surface area (Å²) < 4.78 is 0. The van der Waals surface area contributed by atoms with Crippen LogP contribution in [0, 0.1) is 6.92 Å². The Bertz CT molecular complexity index is 307. The van der Waals surface area contributed by atoms with E-state index in [0.717, 1.165) is 11.1 Å². The lowest BCUT2D eigenvalue weighted by Crippen LogP contribution is -1.98. The summed E-state index contributed by atoms with van der Waals surface area (Å²) in [6.45, 7) is 5.49. The summed E-state index contributed by atoms with van der Waals surface area (Å²) in [6, 6.07) is 5.55. The van der Waals surface area contributed by atoms with Gasteiger partial charge in [0.05, 0.1) is 6.10 Å². The summed E-state index contributed by atoms with van der Waals surface area (Å²) >= 11 is 5.92. The number of benzene rings is 1. The first-order valence-corrected chi connectivity index (χ1v) is 4.58. The molecule has 0 aromatic heterocycles. The highest BCUT2D eigenvalue weighted by Gasteiger charge is 2.09. The highest BCUT2D eigenvalue weighted by molar-refractivity contribution is 6.31. The zero-order valence-corrected chi connectivity index (χ0v) is 8.38. The number of halogens is 1. The molecule has 1 aromatic carbocycles. The molecule has 1 N–H and O–H groups in total. The van der Waals surface area contributed by atoms with Gasteiger partial charge in [-0.3, -0.25) is 0 Å². The molecule has 1 rings (SSSR count). The molecule has 70 valence electrons. The molecule has 0 saturated carbocycles. The van der Waals surface area contributed by atoms with Crippen molar-refractivity contribution >= 4 is 11.6 Å². The molecule has 0 saturated heterocycles. The SMILES string of the molecule is C=CC[C@H](O)c1cccc(Cl)c1C. The summed E-state index contributed by atoms with van der Waals surface area (Å²) in [4.78, 5) is 0. The number of hydrogen-bond donors (Lipinski definition) is 1. The van der Waals surface area contributed by atoms with Gasteiger partial charge < -0.3 is 5.11 Å². The Morgan fingerprint density at radius 2 is 2.31 bits per heavy atom. The van der Waals surface area contributed by atoms with E-state index in [0.29, 0.717) is 11.4 Å². The molecule has 2 heteroatoms. The van der Waals surface area contributed by atoms with Crippen LogP contribution < -0.4 is 0 Å². The first-order chi connectivity index (χ1) is 6.16. The van der Waals surface area contributed by atoms with Crippen LogP contribution in [0.1, 0.15) is 23.7 Å². The van der Waals surface area contributed by atoms with Crippen LogP contribution in [0.2, 0.25) is 5.02 Å². The Balaban J connectivity index is 3.00. The van der Waals surface area contributed by atoms with Crippen molar-refractivity contribution in [2.75, 3.05) is 0 Å². The van der Waals surface area contributed by atoms with Crippen molar-refractivity contribution < 1.29 is 5.11 Å². The molecule has 1 aromatic rings. The molecule has 0 heterocycles. The third kappa shape index (κ3) is 2.33. The van der Waals surface area contributed by atoms with Crippen LogP contribution in [0.15, 0.2) is 30.9 Å².